The van der Waals surface area contributed by atoms with Gasteiger partial charge in [-0.1, -0.05) is 29.5 Å². The number of hydrogen-bond donors (Lipinski definition) is 0. The summed E-state index contributed by atoms with van der Waals surface area (Å²) in [5.74, 6) is -1.24. The molecule has 0 radical (unpaired) electrons. The minimum atomic E-state index is -0.793. The highest BCUT2D eigenvalue weighted by Gasteiger charge is 2.38. The molecule has 1 saturated carbocycles. The second-order valence-corrected chi connectivity index (χ2v) is 9.30. The van der Waals surface area contributed by atoms with E-state index < -0.39 is 11.6 Å². The molecular weight excluding hydrogens is 466 g/mol. The molecule has 6 rings (SSSR count). The van der Waals surface area contributed by atoms with Crippen molar-refractivity contribution in [3.63, 3.8) is 0 Å². The Morgan fingerprint density at radius 2 is 1.86 bits per heavy atom. The molecular formula is C26H24F2N6O2. The Hall–Kier alpha value is -4.08. The second kappa shape index (κ2) is 8.54. The first kappa shape index (κ1) is 22.4. The maximum Gasteiger partial charge on any atom is 0.276 e. The van der Waals surface area contributed by atoms with E-state index in [1.807, 2.05) is 38.4 Å². The van der Waals surface area contributed by atoms with Gasteiger partial charge in [-0.15, -0.1) is 5.10 Å². The van der Waals surface area contributed by atoms with E-state index in [4.69, 9.17) is 4.74 Å². The molecule has 184 valence electrons. The van der Waals surface area contributed by atoms with Crippen molar-refractivity contribution < 1.29 is 18.3 Å². The van der Waals surface area contributed by atoms with Gasteiger partial charge in [0.25, 0.3) is 5.91 Å². The summed E-state index contributed by atoms with van der Waals surface area (Å²) >= 11 is 0. The van der Waals surface area contributed by atoms with Crippen LogP contribution >= 0.6 is 0 Å². The van der Waals surface area contributed by atoms with E-state index >= 15 is 0 Å². The third-order valence-electron chi connectivity index (χ3n) is 6.89. The Morgan fingerprint density at radius 1 is 1.08 bits per heavy atom. The summed E-state index contributed by atoms with van der Waals surface area (Å²) in [5.41, 5.74) is 3.16. The lowest BCUT2D eigenvalue weighted by Crippen LogP contribution is -2.41. The van der Waals surface area contributed by atoms with Crippen LogP contribution in [0.3, 0.4) is 0 Å². The number of halogens is 2. The van der Waals surface area contributed by atoms with E-state index in [1.165, 1.54) is 12.3 Å². The van der Waals surface area contributed by atoms with Crippen molar-refractivity contribution >= 4 is 5.91 Å². The summed E-state index contributed by atoms with van der Waals surface area (Å²) < 4.78 is 36.6. The Labute approximate surface area is 206 Å². The van der Waals surface area contributed by atoms with Gasteiger partial charge in [-0.25, -0.2) is 18.1 Å². The fourth-order valence-corrected chi connectivity index (χ4v) is 4.82. The Bertz CT molecular complexity index is 1460. The predicted octanol–water partition coefficient (Wildman–Crippen LogP) is 4.17. The zero-order valence-electron chi connectivity index (χ0n) is 19.8. The zero-order valence-corrected chi connectivity index (χ0v) is 19.8. The van der Waals surface area contributed by atoms with Gasteiger partial charge in [0.2, 0.25) is 5.88 Å². The van der Waals surface area contributed by atoms with Crippen LogP contribution in [0.2, 0.25) is 0 Å². The average Bonchev–Trinajstić information content (AvgIpc) is 3.44. The van der Waals surface area contributed by atoms with Crippen molar-refractivity contribution in [2.24, 2.45) is 7.05 Å². The Kier molecular flexibility index (Phi) is 5.31. The Balaban J connectivity index is 1.35. The SMILES string of the molecule is C[C@H]1c2ccccc2[C@@H](c2cnn(C)c2OC2CC2)CN1C(=O)c1cn(-c2ccc(F)cc2F)nn1. The molecule has 3 heterocycles. The van der Waals surface area contributed by atoms with Crippen molar-refractivity contribution in [3.8, 4) is 11.6 Å². The van der Waals surface area contributed by atoms with Crippen LogP contribution in [-0.4, -0.2) is 48.2 Å². The lowest BCUT2D eigenvalue weighted by atomic mass is 9.82. The fourth-order valence-electron chi connectivity index (χ4n) is 4.82. The Morgan fingerprint density at radius 3 is 2.61 bits per heavy atom. The molecule has 10 heteroatoms. The topological polar surface area (TPSA) is 78.1 Å². The number of aryl methyl sites for hydroxylation is 1. The molecule has 36 heavy (non-hydrogen) atoms. The van der Waals surface area contributed by atoms with Crippen molar-refractivity contribution in [2.75, 3.05) is 6.54 Å². The highest BCUT2D eigenvalue weighted by molar-refractivity contribution is 5.92. The van der Waals surface area contributed by atoms with E-state index in [9.17, 15) is 13.6 Å². The molecule has 1 aliphatic heterocycles. The first-order valence-electron chi connectivity index (χ1n) is 11.9. The van der Waals surface area contributed by atoms with Crippen LogP contribution in [-0.2, 0) is 7.05 Å². The molecule has 2 aromatic carbocycles. The average molecular weight is 491 g/mol. The monoisotopic (exact) mass is 490 g/mol. The van der Waals surface area contributed by atoms with E-state index in [-0.39, 0.29) is 35.4 Å². The summed E-state index contributed by atoms with van der Waals surface area (Å²) in [4.78, 5) is 15.4. The van der Waals surface area contributed by atoms with Crippen molar-refractivity contribution in [3.05, 3.63) is 88.9 Å². The molecule has 0 unspecified atom stereocenters. The summed E-state index contributed by atoms with van der Waals surface area (Å²) in [5, 5.41) is 12.4. The lowest BCUT2D eigenvalue weighted by Gasteiger charge is -2.39. The quantitative estimate of drug-likeness (QED) is 0.420. The number of fused-ring (bicyclic) bond motifs is 1. The van der Waals surface area contributed by atoms with Crippen LogP contribution in [0, 0.1) is 11.6 Å². The number of nitrogens with zero attached hydrogens (tertiary/aromatic N) is 6. The first-order chi connectivity index (χ1) is 17.4. The predicted molar refractivity (Wildman–Crippen MR) is 126 cm³/mol. The van der Waals surface area contributed by atoms with Crippen LogP contribution < -0.4 is 4.74 Å². The summed E-state index contributed by atoms with van der Waals surface area (Å²) in [7, 11) is 1.86. The van der Waals surface area contributed by atoms with Gasteiger partial charge in [0.05, 0.1) is 18.4 Å². The van der Waals surface area contributed by atoms with E-state index in [0.29, 0.717) is 6.54 Å². The van der Waals surface area contributed by atoms with E-state index in [1.54, 1.807) is 9.58 Å². The van der Waals surface area contributed by atoms with Gasteiger partial charge < -0.3 is 9.64 Å². The fraction of sp³-hybridized carbons (Fsp3) is 0.308. The van der Waals surface area contributed by atoms with Gasteiger partial charge in [0, 0.05) is 31.1 Å². The highest BCUT2D eigenvalue weighted by Crippen LogP contribution is 2.43. The highest BCUT2D eigenvalue weighted by atomic mass is 19.1. The van der Waals surface area contributed by atoms with Crippen LogP contribution in [0.1, 0.15) is 58.9 Å². The normalized spacial score (nSPS) is 19.3. The zero-order chi connectivity index (χ0) is 25.0. The third-order valence-corrected chi connectivity index (χ3v) is 6.89. The number of rotatable bonds is 5. The summed E-state index contributed by atoms with van der Waals surface area (Å²) in [6.07, 6.45) is 5.43. The molecule has 2 aliphatic rings. The molecule has 1 aliphatic carbocycles. The van der Waals surface area contributed by atoms with Gasteiger partial charge in [-0.3, -0.25) is 4.79 Å². The van der Waals surface area contributed by atoms with Crippen LogP contribution in [0.25, 0.3) is 5.69 Å². The number of carbonyl (C=O) groups excluding carboxylic acids is 1. The number of aromatic nitrogens is 5. The van der Waals surface area contributed by atoms with Gasteiger partial charge in [0.1, 0.15) is 17.6 Å². The van der Waals surface area contributed by atoms with Crippen molar-refractivity contribution in [1.82, 2.24) is 29.7 Å². The number of ether oxygens (including phenoxy) is 1. The number of hydrogen-bond acceptors (Lipinski definition) is 5. The van der Waals surface area contributed by atoms with Crippen molar-refractivity contribution in [1.29, 1.82) is 0 Å². The van der Waals surface area contributed by atoms with Gasteiger partial charge in [0.15, 0.2) is 11.5 Å². The first-order valence-corrected chi connectivity index (χ1v) is 11.9. The van der Waals surface area contributed by atoms with E-state index in [2.05, 4.69) is 21.5 Å². The van der Waals surface area contributed by atoms with Gasteiger partial charge >= 0.3 is 0 Å². The molecule has 0 bridgehead atoms. The van der Waals surface area contributed by atoms with E-state index in [0.717, 1.165) is 52.2 Å². The third kappa shape index (κ3) is 3.82. The molecule has 8 nitrogen and oxygen atoms in total. The van der Waals surface area contributed by atoms with Gasteiger partial charge in [-0.2, -0.15) is 5.10 Å². The van der Waals surface area contributed by atoms with Crippen LogP contribution in [0.5, 0.6) is 5.88 Å². The molecule has 0 spiro atoms. The standard InChI is InChI=1S/C26H24F2N6O2/c1-15-18-5-3-4-6-19(18)21(20-12-29-32(2)26(20)36-17-8-9-17)13-33(15)25(35)23-14-34(31-30-23)24-10-7-16(27)11-22(24)28/h3-7,10-12,14-15,17,21H,8-9,13H2,1-2H3/t15-,21-/m0/s1. The number of amides is 1. The van der Waals surface area contributed by atoms with Crippen molar-refractivity contribution in [2.45, 2.75) is 37.8 Å². The number of benzene rings is 2. The molecule has 0 saturated heterocycles. The maximum absolute atomic E-state index is 14.3. The van der Waals surface area contributed by atoms with Gasteiger partial charge in [-0.05, 0) is 43.0 Å². The molecule has 2 aromatic heterocycles. The summed E-state index contributed by atoms with van der Waals surface area (Å²) in [6, 6.07) is 11.0. The lowest BCUT2D eigenvalue weighted by molar-refractivity contribution is 0.0658. The minimum absolute atomic E-state index is 0.00934. The molecule has 4 aromatic rings. The molecule has 2 atom stereocenters. The second-order valence-electron chi connectivity index (χ2n) is 9.30. The molecule has 0 N–H and O–H groups in total. The molecule has 1 amide bonds. The molecule has 1 fully saturated rings. The van der Waals surface area contributed by atoms with Crippen LogP contribution in [0.15, 0.2) is 54.9 Å². The minimum Gasteiger partial charge on any atom is -0.474 e. The number of carbonyl (C=O) groups is 1. The summed E-state index contributed by atoms with van der Waals surface area (Å²) in [6.45, 7) is 2.36. The van der Waals surface area contributed by atoms with Crippen LogP contribution in [0.4, 0.5) is 8.78 Å². The maximum atomic E-state index is 14.3. The smallest absolute Gasteiger partial charge is 0.276 e. The largest absolute Gasteiger partial charge is 0.474 e.